The summed E-state index contributed by atoms with van der Waals surface area (Å²) in [5, 5.41) is 0. The molecule has 0 saturated carbocycles. The second-order valence-electron chi connectivity index (χ2n) is 4.08. The molecule has 0 atom stereocenters. The maximum absolute atomic E-state index is 3.79. The molecule has 0 aromatic carbocycles. The van der Waals surface area contributed by atoms with Gasteiger partial charge < -0.3 is 0 Å². The predicted octanol–water partition coefficient (Wildman–Crippen LogP) is 4.15. The SMILES string of the molecule is C=CCC(C)(C)C(=CC)[C](C)C. The Morgan fingerprint density at radius 2 is 1.83 bits per heavy atom. The van der Waals surface area contributed by atoms with Crippen LogP contribution < -0.4 is 0 Å². The second-order valence-corrected chi connectivity index (χ2v) is 4.08. The number of hydrogen-bond acceptors (Lipinski definition) is 0. The first-order valence-corrected chi connectivity index (χ1v) is 4.54. The third kappa shape index (κ3) is 2.84. The number of allylic oxidation sites excluding steroid dienone is 3. The smallest absolute Gasteiger partial charge is 0.00508 e. The van der Waals surface area contributed by atoms with Crippen molar-refractivity contribution in [1.82, 2.24) is 0 Å². The van der Waals surface area contributed by atoms with Gasteiger partial charge in [-0.15, -0.1) is 6.58 Å². The molecular weight excluding hydrogens is 144 g/mol. The molecule has 0 fully saturated rings. The molecule has 0 amide bonds. The van der Waals surface area contributed by atoms with Crippen molar-refractivity contribution >= 4 is 0 Å². The van der Waals surface area contributed by atoms with E-state index in [9.17, 15) is 0 Å². The van der Waals surface area contributed by atoms with Gasteiger partial charge >= 0.3 is 0 Å². The Hall–Kier alpha value is -0.520. The van der Waals surface area contributed by atoms with Crippen molar-refractivity contribution in [2.45, 2.75) is 41.0 Å². The molecule has 0 aromatic heterocycles. The van der Waals surface area contributed by atoms with Crippen LogP contribution in [0.5, 0.6) is 0 Å². The van der Waals surface area contributed by atoms with E-state index < -0.39 is 0 Å². The molecule has 0 bridgehead atoms. The largest absolute Gasteiger partial charge is 0.103 e. The summed E-state index contributed by atoms with van der Waals surface area (Å²) in [7, 11) is 0. The minimum absolute atomic E-state index is 0.245. The fourth-order valence-electron chi connectivity index (χ4n) is 1.83. The van der Waals surface area contributed by atoms with Crippen molar-refractivity contribution in [1.29, 1.82) is 0 Å². The van der Waals surface area contributed by atoms with E-state index >= 15 is 0 Å². The monoisotopic (exact) mass is 165 g/mol. The van der Waals surface area contributed by atoms with Gasteiger partial charge in [0.15, 0.2) is 0 Å². The normalized spacial score (nSPS) is 13.7. The van der Waals surface area contributed by atoms with Crippen LogP contribution >= 0.6 is 0 Å². The van der Waals surface area contributed by atoms with Crippen molar-refractivity contribution in [3.8, 4) is 0 Å². The van der Waals surface area contributed by atoms with E-state index in [-0.39, 0.29) is 5.41 Å². The third-order valence-electron chi connectivity index (χ3n) is 2.21. The Morgan fingerprint density at radius 3 is 2.08 bits per heavy atom. The van der Waals surface area contributed by atoms with Gasteiger partial charge in [0.1, 0.15) is 0 Å². The van der Waals surface area contributed by atoms with E-state index in [0.29, 0.717) is 0 Å². The molecule has 0 aliphatic rings. The minimum atomic E-state index is 0.245. The summed E-state index contributed by atoms with van der Waals surface area (Å²) in [6.45, 7) is 14.7. The molecular formula is C12H21. The van der Waals surface area contributed by atoms with Gasteiger partial charge in [0.05, 0.1) is 0 Å². The van der Waals surface area contributed by atoms with Gasteiger partial charge in [0.2, 0.25) is 0 Å². The van der Waals surface area contributed by atoms with Crippen LogP contribution in [-0.2, 0) is 0 Å². The molecule has 0 aliphatic carbocycles. The lowest BCUT2D eigenvalue weighted by atomic mass is 9.76. The van der Waals surface area contributed by atoms with Crippen LogP contribution in [0.1, 0.15) is 41.0 Å². The van der Waals surface area contributed by atoms with Crippen molar-refractivity contribution in [2.75, 3.05) is 0 Å². The van der Waals surface area contributed by atoms with Crippen molar-refractivity contribution in [2.24, 2.45) is 5.41 Å². The van der Waals surface area contributed by atoms with Crippen molar-refractivity contribution in [3.05, 3.63) is 30.2 Å². The van der Waals surface area contributed by atoms with E-state index in [1.54, 1.807) is 0 Å². The van der Waals surface area contributed by atoms with Crippen LogP contribution in [0.4, 0.5) is 0 Å². The first-order valence-electron chi connectivity index (χ1n) is 4.54. The fraction of sp³-hybridized carbons (Fsp3) is 0.583. The quantitative estimate of drug-likeness (QED) is 0.549. The zero-order chi connectivity index (χ0) is 9.78. The van der Waals surface area contributed by atoms with Crippen LogP contribution in [-0.4, -0.2) is 0 Å². The van der Waals surface area contributed by atoms with Crippen LogP contribution in [0, 0.1) is 11.3 Å². The molecule has 0 aromatic rings. The van der Waals surface area contributed by atoms with E-state index in [1.807, 2.05) is 6.08 Å². The average Bonchev–Trinajstić information content (AvgIpc) is 1.86. The Labute approximate surface area is 77.4 Å². The highest BCUT2D eigenvalue weighted by Gasteiger charge is 2.23. The van der Waals surface area contributed by atoms with E-state index in [2.05, 4.69) is 47.3 Å². The third-order valence-corrected chi connectivity index (χ3v) is 2.21. The Kier molecular flexibility index (Phi) is 4.30. The predicted molar refractivity (Wildman–Crippen MR) is 56.9 cm³/mol. The van der Waals surface area contributed by atoms with Crippen LogP contribution in [0.2, 0.25) is 0 Å². The van der Waals surface area contributed by atoms with Gasteiger partial charge in [0, 0.05) is 0 Å². The highest BCUT2D eigenvalue weighted by atomic mass is 14.3. The molecule has 0 spiro atoms. The van der Waals surface area contributed by atoms with Crippen LogP contribution in [0.15, 0.2) is 24.3 Å². The van der Waals surface area contributed by atoms with E-state index in [1.165, 1.54) is 11.5 Å². The first kappa shape index (κ1) is 11.5. The summed E-state index contributed by atoms with van der Waals surface area (Å²) in [4.78, 5) is 0. The topological polar surface area (TPSA) is 0 Å². The summed E-state index contributed by atoms with van der Waals surface area (Å²) >= 11 is 0. The van der Waals surface area contributed by atoms with Gasteiger partial charge in [0.25, 0.3) is 0 Å². The molecule has 0 saturated heterocycles. The van der Waals surface area contributed by atoms with Gasteiger partial charge in [-0.3, -0.25) is 0 Å². The molecule has 0 rings (SSSR count). The van der Waals surface area contributed by atoms with Gasteiger partial charge in [-0.2, -0.15) is 0 Å². The highest BCUT2D eigenvalue weighted by Crippen LogP contribution is 2.36. The van der Waals surface area contributed by atoms with Crippen molar-refractivity contribution < 1.29 is 0 Å². The minimum Gasteiger partial charge on any atom is -0.103 e. The zero-order valence-electron chi connectivity index (χ0n) is 9.07. The molecule has 0 aliphatic heterocycles. The molecule has 0 heterocycles. The molecule has 69 valence electrons. The Bertz CT molecular complexity index is 170. The lowest BCUT2D eigenvalue weighted by molar-refractivity contribution is 0.448. The number of hydrogen-bond donors (Lipinski definition) is 0. The average molecular weight is 165 g/mol. The van der Waals surface area contributed by atoms with E-state index in [0.717, 1.165) is 6.42 Å². The first-order chi connectivity index (χ1) is 5.45. The second kappa shape index (κ2) is 4.49. The zero-order valence-corrected chi connectivity index (χ0v) is 9.07. The Balaban J connectivity index is 4.60. The summed E-state index contributed by atoms with van der Waals surface area (Å²) in [5.74, 6) is 1.41. The lowest BCUT2D eigenvalue weighted by Gasteiger charge is -2.29. The summed E-state index contributed by atoms with van der Waals surface area (Å²) < 4.78 is 0. The van der Waals surface area contributed by atoms with Crippen molar-refractivity contribution in [3.63, 3.8) is 0 Å². The fourth-order valence-corrected chi connectivity index (χ4v) is 1.83. The van der Waals surface area contributed by atoms with Gasteiger partial charge in [-0.25, -0.2) is 0 Å². The maximum Gasteiger partial charge on any atom is -0.00508 e. The lowest BCUT2D eigenvalue weighted by Crippen LogP contribution is -2.16. The number of rotatable bonds is 4. The Morgan fingerprint density at radius 1 is 1.33 bits per heavy atom. The van der Waals surface area contributed by atoms with Gasteiger partial charge in [-0.1, -0.05) is 45.4 Å². The molecule has 12 heavy (non-hydrogen) atoms. The van der Waals surface area contributed by atoms with Crippen LogP contribution in [0.3, 0.4) is 0 Å². The van der Waals surface area contributed by atoms with Crippen LogP contribution in [0.25, 0.3) is 0 Å². The molecule has 0 N–H and O–H groups in total. The summed E-state index contributed by atoms with van der Waals surface area (Å²) in [6, 6.07) is 0. The summed E-state index contributed by atoms with van der Waals surface area (Å²) in [6.07, 6.45) is 5.24. The maximum atomic E-state index is 3.79. The molecule has 1 radical (unpaired) electrons. The molecule has 0 heteroatoms. The highest BCUT2D eigenvalue weighted by molar-refractivity contribution is 5.27. The standard InChI is InChI=1S/C12H21/c1-7-9-12(5,6)11(8-2)10(3)4/h7-8H,1,9H2,2-6H3. The molecule has 0 nitrogen and oxygen atoms in total. The summed E-state index contributed by atoms with van der Waals surface area (Å²) in [5.41, 5.74) is 1.69. The van der Waals surface area contributed by atoms with Gasteiger partial charge in [-0.05, 0) is 24.7 Å². The van der Waals surface area contributed by atoms with E-state index in [4.69, 9.17) is 0 Å². The molecule has 0 unspecified atom stereocenters.